The zero-order valence-electron chi connectivity index (χ0n) is 14.4. The standard InChI is InChI=1S/C17H21N3O3S/c1-11-6-8-16(12(2)10-11)24(22,23)19-17(21)9-7-15-13(3)18-20(5)14(15)4/h6-10H,1-5H3,(H,19,21)/b9-7+. The molecule has 128 valence electrons. The maximum atomic E-state index is 12.3. The first-order valence-corrected chi connectivity index (χ1v) is 8.92. The van der Waals surface area contributed by atoms with Crippen LogP contribution in [-0.2, 0) is 21.9 Å². The van der Waals surface area contributed by atoms with Crippen LogP contribution in [-0.4, -0.2) is 24.1 Å². The van der Waals surface area contributed by atoms with Crippen molar-refractivity contribution in [2.24, 2.45) is 7.05 Å². The largest absolute Gasteiger partial charge is 0.272 e. The van der Waals surface area contributed by atoms with Crippen LogP contribution >= 0.6 is 0 Å². The fourth-order valence-electron chi connectivity index (χ4n) is 2.51. The molecule has 0 aliphatic heterocycles. The minimum absolute atomic E-state index is 0.101. The molecule has 0 saturated heterocycles. The number of aryl methyl sites for hydroxylation is 4. The molecule has 1 N–H and O–H groups in total. The van der Waals surface area contributed by atoms with Crippen molar-refractivity contribution in [3.63, 3.8) is 0 Å². The molecule has 0 aliphatic carbocycles. The van der Waals surface area contributed by atoms with Gasteiger partial charge in [0.1, 0.15) is 0 Å². The van der Waals surface area contributed by atoms with Crippen LogP contribution in [0, 0.1) is 27.7 Å². The number of carbonyl (C=O) groups is 1. The van der Waals surface area contributed by atoms with Crippen LogP contribution < -0.4 is 4.72 Å². The summed E-state index contributed by atoms with van der Waals surface area (Å²) in [7, 11) is -2.09. The van der Waals surface area contributed by atoms with Crippen molar-refractivity contribution in [3.8, 4) is 0 Å². The van der Waals surface area contributed by atoms with Gasteiger partial charge in [0, 0.05) is 24.4 Å². The van der Waals surface area contributed by atoms with Gasteiger partial charge < -0.3 is 0 Å². The number of sulfonamides is 1. The Morgan fingerprint density at radius 2 is 1.88 bits per heavy atom. The lowest BCUT2D eigenvalue weighted by atomic mass is 10.2. The molecule has 0 spiro atoms. The summed E-state index contributed by atoms with van der Waals surface area (Å²) in [5.74, 6) is -0.697. The molecule has 6 nitrogen and oxygen atoms in total. The topological polar surface area (TPSA) is 81.1 Å². The number of hydrogen-bond donors (Lipinski definition) is 1. The number of rotatable bonds is 4. The molecule has 2 rings (SSSR count). The van der Waals surface area contributed by atoms with E-state index < -0.39 is 15.9 Å². The average Bonchev–Trinajstić information content (AvgIpc) is 2.69. The summed E-state index contributed by atoms with van der Waals surface area (Å²) in [6.07, 6.45) is 2.78. The van der Waals surface area contributed by atoms with E-state index in [1.165, 1.54) is 12.1 Å². The molecule has 1 aromatic carbocycles. The predicted molar refractivity (Wildman–Crippen MR) is 93.0 cm³/mol. The molecule has 0 radical (unpaired) electrons. The third-order valence-electron chi connectivity index (χ3n) is 3.82. The molecule has 1 amide bonds. The van der Waals surface area contributed by atoms with Crippen LogP contribution in [0.3, 0.4) is 0 Å². The quantitative estimate of drug-likeness (QED) is 0.860. The molecule has 1 aromatic heterocycles. The van der Waals surface area contributed by atoms with Crippen molar-refractivity contribution in [1.82, 2.24) is 14.5 Å². The molecule has 0 unspecified atom stereocenters. The summed E-state index contributed by atoms with van der Waals surface area (Å²) < 4.78 is 28.5. The van der Waals surface area contributed by atoms with Crippen LogP contribution in [0.2, 0.25) is 0 Å². The zero-order chi connectivity index (χ0) is 18.1. The number of nitrogens with one attached hydrogen (secondary N) is 1. The first-order valence-electron chi connectivity index (χ1n) is 7.44. The highest BCUT2D eigenvalue weighted by molar-refractivity contribution is 7.90. The molecule has 24 heavy (non-hydrogen) atoms. The van der Waals surface area contributed by atoms with E-state index >= 15 is 0 Å². The van der Waals surface area contributed by atoms with Gasteiger partial charge in [-0.3, -0.25) is 9.48 Å². The number of aromatic nitrogens is 2. The third kappa shape index (κ3) is 3.73. The van der Waals surface area contributed by atoms with Gasteiger partial charge in [-0.25, -0.2) is 13.1 Å². The van der Waals surface area contributed by atoms with E-state index in [4.69, 9.17) is 0 Å². The van der Waals surface area contributed by atoms with Gasteiger partial charge in [-0.1, -0.05) is 17.7 Å². The Balaban J connectivity index is 2.21. The van der Waals surface area contributed by atoms with Crippen molar-refractivity contribution in [2.75, 3.05) is 0 Å². The van der Waals surface area contributed by atoms with Gasteiger partial charge in [-0.05, 0) is 45.4 Å². The molecular formula is C17H21N3O3S. The Kier molecular flexibility index (Phi) is 4.94. The van der Waals surface area contributed by atoms with Gasteiger partial charge in [-0.2, -0.15) is 5.10 Å². The first kappa shape index (κ1) is 17.9. The SMILES string of the molecule is Cc1ccc(S(=O)(=O)NC(=O)/C=C/c2c(C)nn(C)c2C)c(C)c1. The second kappa shape index (κ2) is 6.60. The number of benzene rings is 1. The number of amides is 1. The Morgan fingerprint density at radius 3 is 2.42 bits per heavy atom. The Morgan fingerprint density at radius 1 is 1.21 bits per heavy atom. The maximum Gasteiger partial charge on any atom is 0.264 e. The Labute approximate surface area is 142 Å². The van der Waals surface area contributed by atoms with E-state index in [0.717, 1.165) is 22.5 Å². The molecule has 1 heterocycles. The van der Waals surface area contributed by atoms with Crippen LogP contribution in [0.25, 0.3) is 6.08 Å². The van der Waals surface area contributed by atoms with Gasteiger partial charge >= 0.3 is 0 Å². The molecule has 0 saturated carbocycles. The first-order chi connectivity index (χ1) is 11.1. The average molecular weight is 347 g/mol. The zero-order valence-corrected chi connectivity index (χ0v) is 15.2. The van der Waals surface area contributed by atoms with Crippen LogP contribution in [0.4, 0.5) is 0 Å². The lowest BCUT2D eigenvalue weighted by molar-refractivity contribution is -0.114. The second-order valence-corrected chi connectivity index (χ2v) is 7.43. The van der Waals surface area contributed by atoms with Crippen molar-refractivity contribution in [3.05, 3.63) is 52.4 Å². The second-order valence-electron chi connectivity index (χ2n) is 5.78. The van der Waals surface area contributed by atoms with Gasteiger partial charge in [0.25, 0.3) is 15.9 Å². The third-order valence-corrected chi connectivity index (χ3v) is 5.33. The van der Waals surface area contributed by atoms with Crippen molar-refractivity contribution >= 4 is 22.0 Å². The van der Waals surface area contributed by atoms with E-state index in [0.29, 0.717) is 5.56 Å². The van der Waals surface area contributed by atoms with Crippen molar-refractivity contribution in [2.45, 2.75) is 32.6 Å². The molecular weight excluding hydrogens is 326 g/mol. The van der Waals surface area contributed by atoms with E-state index in [1.807, 2.05) is 27.8 Å². The number of hydrogen-bond acceptors (Lipinski definition) is 4. The molecule has 0 bridgehead atoms. The highest BCUT2D eigenvalue weighted by Gasteiger charge is 2.18. The number of nitrogens with zero attached hydrogens (tertiary/aromatic N) is 2. The van der Waals surface area contributed by atoms with Gasteiger partial charge in [0.05, 0.1) is 10.6 Å². The summed E-state index contributed by atoms with van der Waals surface area (Å²) >= 11 is 0. The molecule has 7 heteroatoms. The Hall–Kier alpha value is -2.41. The lowest BCUT2D eigenvalue weighted by Gasteiger charge is -2.08. The lowest BCUT2D eigenvalue weighted by Crippen LogP contribution is -2.29. The Bertz CT molecular complexity index is 925. The summed E-state index contributed by atoms with van der Waals surface area (Å²) in [6.45, 7) is 7.29. The van der Waals surface area contributed by atoms with Gasteiger partial charge in [0.15, 0.2) is 0 Å². The predicted octanol–water partition coefficient (Wildman–Crippen LogP) is 2.17. The van der Waals surface area contributed by atoms with Crippen LogP contribution in [0.1, 0.15) is 28.1 Å². The minimum atomic E-state index is -3.90. The van der Waals surface area contributed by atoms with Crippen LogP contribution in [0.15, 0.2) is 29.2 Å². The minimum Gasteiger partial charge on any atom is -0.272 e. The van der Waals surface area contributed by atoms with Crippen molar-refractivity contribution < 1.29 is 13.2 Å². The molecule has 0 fully saturated rings. The summed E-state index contributed by atoms with van der Waals surface area (Å²) in [6, 6.07) is 4.96. The molecule has 0 atom stereocenters. The van der Waals surface area contributed by atoms with Crippen LogP contribution in [0.5, 0.6) is 0 Å². The fraction of sp³-hybridized carbons (Fsp3) is 0.294. The van der Waals surface area contributed by atoms with Crippen molar-refractivity contribution in [1.29, 1.82) is 0 Å². The summed E-state index contributed by atoms with van der Waals surface area (Å²) in [4.78, 5) is 12.1. The monoisotopic (exact) mass is 347 g/mol. The maximum absolute atomic E-state index is 12.3. The van der Waals surface area contributed by atoms with Gasteiger partial charge in [-0.15, -0.1) is 0 Å². The van der Waals surface area contributed by atoms with E-state index in [-0.39, 0.29) is 4.90 Å². The molecule has 2 aromatic rings. The van der Waals surface area contributed by atoms with E-state index in [2.05, 4.69) is 9.82 Å². The fourth-order valence-corrected chi connectivity index (χ4v) is 3.69. The highest BCUT2D eigenvalue weighted by Crippen LogP contribution is 2.17. The number of carbonyl (C=O) groups excluding carboxylic acids is 1. The van der Waals surface area contributed by atoms with E-state index in [1.54, 1.807) is 29.8 Å². The smallest absolute Gasteiger partial charge is 0.264 e. The summed E-state index contributed by atoms with van der Waals surface area (Å²) in [5.41, 5.74) is 4.03. The summed E-state index contributed by atoms with van der Waals surface area (Å²) in [5, 5.41) is 4.25. The van der Waals surface area contributed by atoms with Gasteiger partial charge in [0.2, 0.25) is 0 Å². The molecule has 0 aliphatic rings. The normalized spacial score (nSPS) is 11.9. The highest BCUT2D eigenvalue weighted by atomic mass is 32.2. The van der Waals surface area contributed by atoms with E-state index in [9.17, 15) is 13.2 Å².